The molecular weight excluding hydrogens is 156 g/mol. The summed E-state index contributed by atoms with van der Waals surface area (Å²) < 4.78 is 0. The molecule has 2 aliphatic rings. The highest BCUT2D eigenvalue weighted by Crippen LogP contribution is 2.19. The fourth-order valence-electron chi connectivity index (χ4n) is 1.48. The number of guanidine groups is 1. The Morgan fingerprint density at radius 3 is 3.25 bits per heavy atom. The van der Waals surface area contributed by atoms with E-state index in [1.54, 1.807) is 0 Å². The summed E-state index contributed by atoms with van der Waals surface area (Å²) in [6, 6.07) is 0. The lowest BCUT2D eigenvalue weighted by molar-refractivity contribution is 0.207. The summed E-state index contributed by atoms with van der Waals surface area (Å²) in [5.74, 6) is 1.11. The molecule has 0 amide bonds. The van der Waals surface area contributed by atoms with E-state index in [4.69, 9.17) is 5.73 Å². The molecule has 0 aliphatic carbocycles. The molecule has 0 aromatic heterocycles. The number of aliphatic hydroxyl groups excluding tert-OH is 1. The molecule has 5 heteroatoms. The molecule has 66 valence electrons. The van der Waals surface area contributed by atoms with Gasteiger partial charge in [0.25, 0.3) is 0 Å². The van der Waals surface area contributed by atoms with E-state index in [2.05, 4.69) is 15.6 Å². The quantitative estimate of drug-likeness (QED) is 0.367. The van der Waals surface area contributed by atoms with Crippen molar-refractivity contribution in [2.45, 2.75) is 19.1 Å². The van der Waals surface area contributed by atoms with Gasteiger partial charge in [-0.05, 0) is 12.8 Å². The van der Waals surface area contributed by atoms with Crippen molar-refractivity contribution in [3.63, 3.8) is 0 Å². The lowest BCUT2D eigenvalue weighted by Gasteiger charge is -2.28. The minimum absolute atomic E-state index is 0.274. The molecule has 2 heterocycles. The smallest absolute Gasteiger partial charge is 0.197 e. The molecule has 0 bridgehead atoms. The minimum Gasteiger partial charge on any atom is -0.371 e. The summed E-state index contributed by atoms with van der Waals surface area (Å²) in [6.45, 7) is 0.922. The first kappa shape index (κ1) is 7.42. The van der Waals surface area contributed by atoms with Crippen LogP contribution < -0.4 is 16.4 Å². The topological polar surface area (TPSA) is 82.7 Å². The molecule has 0 spiro atoms. The van der Waals surface area contributed by atoms with Gasteiger partial charge in [-0.2, -0.15) is 0 Å². The third-order valence-electron chi connectivity index (χ3n) is 2.07. The number of aliphatic hydroxyl groups is 1. The van der Waals surface area contributed by atoms with E-state index in [0.29, 0.717) is 0 Å². The summed E-state index contributed by atoms with van der Waals surface area (Å²) in [5.41, 5.74) is 6.35. The lowest BCUT2D eigenvalue weighted by atomic mass is 10.0. The highest BCUT2D eigenvalue weighted by Gasteiger charge is 2.23. The molecule has 12 heavy (non-hydrogen) atoms. The second-order valence-corrected chi connectivity index (χ2v) is 2.94. The van der Waals surface area contributed by atoms with Crippen LogP contribution in [0.1, 0.15) is 12.8 Å². The van der Waals surface area contributed by atoms with Crippen LogP contribution in [-0.4, -0.2) is 23.8 Å². The van der Waals surface area contributed by atoms with Crippen LogP contribution in [0.4, 0.5) is 0 Å². The minimum atomic E-state index is -0.756. The van der Waals surface area contributed by atoms with Crippen LogP contribution in [0.3, 0.4) is 0 Å². The van der Waals surface area contributed by atoms with Gasteiger partial charge in [0.1, 0.15) is 5.82 Å². The van der Waals surface area contributed by atoms with Gasteiger partial charge in [-0.25, -0.2) is 4.99 Å². The van der Waals surface area contributed by atoms with Crippen molar-refractivity contribution in [3.05, 3.63) is 11.4 Å². The van der Waals surface area contributed by atoms with Crippen molar-refractivity contribution in [1.82, 2.24) is 10.6 Å². The van der Waals surface area contributed by atoms with Crippen molar-refractivity contribution in [3.8, 4) is 0 Å². The first-order valence-electron chi connectivity index (χ1n) is 4.02. The maximum absolute atomic E-state index is 9.47. The molecule has 2 aliphatic heterocycles. The summed E-state index contributed by atoms with van der Waals surface area (Å²) in [7, 11) is 0. The van der Waals surface area contributed by atoms with Crippen LogP contribution in [0.5, 0.6) is 0 Å². The monoisotopic (exact) mass is 168 g/mol. The zero-order chi connectivity index (χ0) is 8.55. The summed E-state index contributed by atoms with van der Waals surface area (Å²) >= 11 is 0. The molecular formula is C7H12N4O. The third kappa shape index (κ3) is 1.12. The predicted molar refractivity (Wildman–Crippen MR) is 45.0 cm³/mol. The van der Waals surface area contributed by atoms with Crippen LogP contribution >= 0.6 is 0 Å². The van der Waals surface area contributed by atoms with E-state index in [0.717, 1.165) is 30.8 Å². The normalized spacial score (nSPS) is 28.4. The molecule has 1 atom stereocenters. The Morgan fingerprint density at radius 2 is 2.42 bits per heavy atom. The van der Waals surface area contributed by atoms with Crippen LogP contribution in [0, 0.1) is 0 Å². The van der Waals surface area contributed by atoms with E-state index in [1.165, 1.54) is 0 Å². The fourth-order valence-corrected chi connectivity index (χ4v) is 1.48. The summed E-state index contributed by atoms with van der Waals surface area (Å²) in [5, 5.41) is 15.5. The highest BCUT2D eigenvalue weighted by molar-refractivity contribution is 5.81. The molecule has 0 radical (unpaired) electrons. The van der Waals surface area contributed by atoms with Gasteiger partial charge < -0.3 is 21.5 Å². The number of nitrogens with two attached hydrogens (primary N) is 1. The molecule has 0 saturated carbocycles. The van der Waals surface area contributed by atoms with Crippen LogP contribution in [0.15, 0.2) is 16.4 Å². The Hall–Kier alpha value is -1.23. The van der Waals surface area contributed by atoms with E-state index < -0.39 is 6.23 Å². The summed E-state index contributed by atoms with van der Waals surface area (Å²) in [4.78, 5) is 3.81. The van der Waals surface area contributed by atoms with Crippen LogP contribution in [0.2, 0.25) is 0 Å². The second-order valence-electron chi connectivity index (χ2n) is 2.94. The van der Waals surface area contributed by atoms with Crippen molar-refractivity contribution in [1.29, 1.82) is 0 Å². The number of nitrogens with zero attached hydrogens (tertiary/aromatic N) is 1. The van der Waals surface area contributed by atoms with Crippen LogP contribution in [0.25, 0.3) is 0 Å². The fraction of sp³-hybridized carbons (Fsp3) is 0.571. The van der Waals surface area contributed by atoms with Gasteiger partial charge in [0.15, 0.2) is 12.2 Å². The number of nitrogens with one attached hydrogen (secondary N) is 2. The molecule has 5 N–H and O–H groups in total. The maximum Gasteiger partial charge on any atom is 0.197 e. The van der Waals surface area contributed by atoms with Gasteiger partial charge in [0.2, 0.25) is 0 Å². The van der Waals surface area contributed by atoms with Crippen molar-refractivity contribution >= 4 is 5.96 Å². The van der Waals surface area contributed by atoms with Gasteiger partial charge >= 0.3 is 0 Å². The Bertz CT molecular complexity index is 258. The first-order chi connectivity index (χ1) is 5.77. The third-order valence-corrected chi connectivity index (χ3v) is 2.07. The lowest BCUT2D eigenvalue weighted by Crippen LogP contribution is -2.45. The van der Waals surface area contributed by atoms with E-state index in [-0.39, 0.29) is 5.96 Å². The largest absolute Gasteiger partial charge is 0.371 e. The van der Waals surface area contributed by atoms with Gasteiger partial charge in [0.05, 0.1) is 0 Å². The molecule has 0 aromatic carbocycles. The summed E-state index contributed by atoms with van der Waals surface area (Å²) in [6.07, 6.45) is 1.16. The zero-order valence-electron chi connectivity index (χ0n) is 6.67. The second kappa shape index (κ2) is 2.67. The first-order valence-corrected chi connectivity index (χ1v) is 4.02. The molecule has 2 rings (SSSR count). The Kier molecular flexibility index (Phi) is 1.65. The SMILES string of the molecule is NC1=NC(O)C2=C(NCCC2)N1. The van der Waals surface area contributed by atoms with E-state index in [1.807, 2.05) is 0 Å². The molecule has 0 aromatic rings. The molecule has 0 saturated heterocycles. The molecule has 0 fully saturated rings. The average molecular weight is 168 g/mol. The van der Waals surface area contributed by atoms with Gasteiger partial charge in [-0.1, -0.05) is 0 Å². The van der Waals surface area contributed by atoms with Crippen LogP contribution in [-0.2, 0) is 0 Å². The van der Waals surface area contributed by atoms with Gasteiger partial charge in [-0.3, -0.25) is 0 Å². The number of hydrogen-bond donors (Lipinski definition) is 4. The predicted octanol–water partition coefficient (Wildman–Crippen LogP) is -1.18. The van der Waals surface area contributed by atoms with Crippen molar-refractivity contribution in [2.24, 2.45) is 10.7 Å². The highest BCUT2D eigenvalue weighted by atomic mass is 16.3. The Balaban J connectivity index is 2.25. The maximum atomic E-state index is 9.47. The number of hydrogen-bond acceptors (Lipinski definition) is 5. The number of rotatable bonds is 0. The van der Waals surface area contributed by atoms with Gasteiger partial charge in [-0.15, -0.1) is 0 Å². The van der Waals surface area contributed by atoms with E-state index >= 15 is 0 Å². The standard InChI is InChI=1S/C7H12N4O/c8-7-10-5-4(6(12)11-7)2-1-3-9-5/h6,9,12H,1-3H2,(H3,8,10,11). The average Bonchev–Trinajstić information content (AvgIpc) is 2.04. The van der Waals surface area contributed by atoms with Gasteiger partial charge in [0, 0.05) is 12.1 Å². The molecule has 1 unspecified atom stereocenters. The Morgan fingerprint density at radius 1 is 1.58 bits per heavy atom. The Labute approximate surface area is 70.4 Å². The van der Waals surface area contributed by atoms with Crippen molar-refractivity contribution < 1.29 is 5.11 Å². The van der Waals surface area contributed by atoms with Crippen molar-refractivity contribution in [2.75, 3.05) is 6.54 Å². The van der Waals surface area contributed by atoms with E-state index in [9.17, 15) is 5.11 Å². The molecule has 5 nitrogen and oxygen atoms in total. The number of aliphatic imine (C=N–C) groups is 1. The zero-order valence-corrected chi connectivity index (χ0v) is 6.67.